The smallest absolute Gasteiger partial charge is 0.230 e. The molecule has 3 rings (SSSR count). The summed E-state index contributed by atoms with van der Waals surface area (Å²) in [6.45, 7) is 2.17. The Morgan fingerprint density at radius 3 is 2.86 bits per heavy atom. The standard InChI is InChI=1S/C16H22N4O/c1-11(10-17)15(21)19-16-18-13-8-4-5-9-14(13)20(16)12-6-2-3-7-12/h4-5,8-9,11-12H,2-3,6-7,10,17H2,1H3,(H,18,19,21). The molecule has 1 aromatic carbocycles. The summed E-state index contributed by atoms with van der Waals surface area (Å²) in [5.74, 6) is 0.391. The number of para-hydroxylation sites is 2. The van der Waals surface area contributed by atoms with Gasteiger partial charge in [-0.3, -0.25) is 10.1 Å². The van der Waals surface area contributed by atoms with Gasteiger partial charge in [0, 0.05) is 18.5 Å². The first-order valence-electron chi connectivity index (χ1n) is 7.68. The van der Waals surface area contributed by atoms with E-state index >= 15 is 0 Å². The lowest BCUT2D eigenvalue weighted by atomic mass is 10.2. The molecule has 5 heteroatoms. The number of carbonyl (C=O) groups is 1. The molecular formula is C16H22N4O. The zero-order valence-electron chi connectivity index (χ0n) is 12.4. The predicted molar refractivity (Wildman–Crippen MR) is 84.1 cm³/mol. The number of nitrogens with zero attached hydrogens (tertiary/aromatic N) is 2. The Kier molecular flexibility index (Phi) is 3.92. The number of carbonyl (C=O) groups excluding carboxylic acids is 1. The average molecular weight is 286 g/mol. The number of benzene rings is 1. The van der Waals surface area contributed by atoms with E-state index in [1.165, 1.54) is 12.8 Å². The van der Waals surface area contributed by atoms with Crippen molar-refractivity contribution >= 4 is 22.9 Å². The first-order valence-corrected chi connectivity index (χ1v) is 7.68. The quantitative estimate of drug-likeness (QED) is 0.907. The average Bonchev–Trinajstić information content (AvgIpc) is 3.12. The van der Waals surface area contributed by atoms with Crippen molar-refractivity contribution in [1.29, 1.82) is 0 Å². The number of nitrogens with two attached hydrogens (primary N) is 1. The number of rotatable bonds is 4. The first kappa shape index (κ1) is 14.1. The fraction of sp³-hybridized carbons (Fsp3) is 0.500. The van der Waals surface area contributed by atoms with Crippen molar-refractivity contribution in [2.45, 2.75) is 38.6 Å². The lowest BCUT2D eigenvalue weighted by Gasteiger charge is -2.17. The molecule has 5 nitrogen and oxygen atoms in total. The highest BCUT2D eigenvalue weighted by Gasteiger charge is 2.24. The van der Waals surface area contributed by atoms with Gasteiger partial charge < -0.3 is 10.3 Å². The molecule has 1 unspecified atom stereocenters. The fourth-order valence-electron chi connectivity index (χ4n) is 3.01. The molecule has 2 aromatic rings. The summed E-state index contributed by atoms with van der Waals surface area (Å²) in [6, 6.07) is 8.48. The van der Waals surface area contributed by atoms with E-state index in [1.807, 2.05) is 25.1 Å². The molecule has 0 aliphatic heterocycles. The number of anilines is 1. The summed E-state index contributed by atoms with van der Waals surface area (Å²) < 4.78 is 2.20. The van der Waals surface area contributed by atoms with Crippen LogP contribution in [0, 0.1) is 5.92 Å². The van der Waals surface area contributed by atoms with Crippen LogP contribution in [0.3, 0.4) is 0 Å². The van der Waals surface area contributed by atoms with Crippen LogP contribution in [0.4, 0.5) is 5.95 Å². The van der Waals surface area contributed by atoms with Gasteiger partial charge in [-0.25, -0.2) is 4.98 Å². The highest BCUT2D eigenvalue weighted by molar-refractivity contribution is 5.93. The van der Waals surface area contributed by atoms with E-state index in [2.05, 4.69) is 20.9 Å². The maximum absolute atomic E-state index is 12.1. The van der Waals surface area contributed by atoms with Crippen LogP contribution in [0.25, 0.3) is 11.0 Å². The zero-order chi connectivity index (χ0) is 14.8. The third-order valence-electron chi connectivity index (χ3n) is 4.32. The predicted octanol–water partition coefficient (Wildman–Crippen LogP) is 2.68. The normalized spacial score (nSPS) is 17.2. The zero-order valence-corrected chi connectivity index (χ0v) is 12.4. The molecule has 0 radical (unpaired) electrons. The van der Waals surface area contributed by atoms with Crippen molar-refractivity contribution < 1.29 is 4.79 Å². The highest BCUT2D eigenvalue weighted by atomic mass is 16.2. The second-order valence-electron chi connectivity index (χ2n) is 5.86. The Hall–Kier alpha value is -1.88. The minimum Gasteiger partial charge on any atom is -0.330 e. The van der Waals surface area contributed by atoms with Gasteiger partial charge in [0.1, 0.15) is 0 Å². The van der Waals surface area contributed by atoms with Gasteiger partial charge in [-0.2, -0.15) is 0 Å². The molecule has 0 saturated heterocycles. The molecule has 1 saturated carbocycles. The maximum atomic E-state index is 12.1. The number of hydrogen-bond acceptors (Lipinski definition) is 3. The maximum Gasteiger partial charge on any atom is 0.230 e. The first-order chi connectivity index (χ1) is 10.2. The third-order valence-corrected chi connectivity index (χ3v) is 4.32. The fourth-order valence-corrected chi connectivity index (χ4v) is 3.01. The third kappa shape index (κ3) is 2.65. The van der Waals surface area contributed by atoms with Gasteiger partial charge in [-0.05, 0) is 25.0 Å². The van der Waals surface area contributed by atoms with Crippen LogP contribution in [0.15, 0.2) is 24.3 Å². The van der Waals surface area contributed by atoms with Crippen LogP contribution in [0.5, 0.6) is 0 Å². The molecule has 1 aliphatic carbocycles. The Morgan fingerprint density at radius 1 is 1.43 bits per heavy atom. The summed E-state index contributed by atoms with van der Waals surface area (Å²) in [5, 5.41) is 2.96. The van der Waals surface area contributed by atoms with Crippen molar-refractivity contribution in [2.24, 2.45) is 11.7 Å². The molecule has 1 fully saturated rings. The number of imidazole rings is 1. The molecule has 1 aromatic heterocycles. The van der Waals surface area contributed by atoms with Gasteiger partial charge in [0.2, 0.25) is 11.9 Å². The van der Waals surface area contributed by atoms with Gasteiger partial charge in [0.05, 0.1) is 11.0 Å². The lowest BCUT2D eigenvalue weighted by molar-refractivity contribution is -0.119. The molecule has 1 amide bonds. The van der Waals surface area contributed by atoms with Crippen LogP contribution in [0.2, 0.25) is 0 Å². The highest BCUT2D eigenvalue weighted by Crippen LogP contribution is 2.35. The second-order valence-corrected chi connectivity index (χ2v) is 5.86. The lowest BCUT2D eigenvalue weighted by Crippen LogP contribution is -2.28. The Labute approximate surface area is 124 Å². The van der Waals surface area contributed by atoms with Crippen molar-refractivity contribution in [2.75, 3.05) is 11.9 Å². The van der Waals surface area contributed by atoms with Crippen LogP contribution < -0.4 is 11.1 Å². The van der Waals surface area contributed by atoms with Crippen molar-refractivity contribution in [3.8, 4) is 0 Å². The summed E-state index contributed by atoms with van der Waals surface area (Å²) in [4.78, 5) is 16.7. The van der Waals surface area contributed by atoms with E-state index in [0.717, 1.165) is 23.9 Å². The van der Waals surface area contributed by atoms with Gasteiger partial charge >= 0.3 is 0 Å². The van der Waals surface area contributed by atoms with Gasteiger partial charge in [0.25, 0.3) is 0 Å². The molecule has 1 atom stereocenters. The second kappa shape index (κ2) is 5.85. The molecule has 112 valence electrons. The van der Waals surface area contributed by atoms with E-state index < -0.39 is 0 Å². The number of aromatic nitrogens is 2. The molecular weight excluding hydrogens is 264 g/mol. The largest absolute Gasteiger partial charge is 0.330 e. The molecule has 1 heterocycles. The van der Waals surface area contributed by atoms with Crippen LogP contribution >= 0.6 is 0 Å². The van der Waals surface area contributed by atoms with Crippen molar-refractivity contribution in [3.63, 3.8) is 0 Å². The van der Waals surface area contributed by atoms with Gasteiger partial charge in [-0.1, -0.05) is 31.9 Å². The van der Waals surface area contributed by atoms with Crippen LogP contribution in [-0.4, -0.2) is 22.0 Å². The minimum atomic E-state index is -0.207. The summed E-state index contributed by atoms with van der Waals surface area (Å²) in [5.41, 5.74) is 7.60. The van der Waals surface area contributed by atoms with E-state index in [9.17, 15) is 4.79 Å². The number of amides is 1. The SMILES string of the molecule is CC(CN)C(=O)Nc1nc2ccccc2n1C1CCCC1. The summed E-state index contributed by atoms with van der Waals surface area (Å²) in [7, 11) is 0. The molecule has 3 N–H and O–H groups in total. The van der Waals surface area contributed by atoms with E-state index in [4.69, 9.17) is 5.73 Å². The Balaban J connectivity index is 2.00. The number of fused-ring (bicyclic) bond motifs is 1. The van der Waals surface area contributed by atoms with E-state index in [-0.39, 0.29) is 11.8 Å². The number of hydrogen-bond donors (Lipinski definition) is 2. The van der Waals surface area contributed by atoms with Crippen molar-refractivity contribution in [3.05, 3.63) is 24.3 Å². The van der Waals surface area contributed by atoms with Crippen LogP contribution in [-0.2, 0) is 4.79 Å². The molecule has 1 aliphatic rings. The van der Waals surface area contributed by atoms with E-state index in [0.29, 0.717) is 18.5 Å². The van der Waals surface area contributed by atoms with Gasteiger partial charge in [-0.15, -0.1) is 0 Å². The molecule has 21 heavy (non-hydrogen) atoms. The minimum absolute atomic E-state index is 0.0629. The van der Waals surface area contributed by atoms with E-state index in [1.54, 1.807) is 0 Å². The van der Waals surface area contributed by atoms with Gasteiger partial charge in [0.15, 0.2) is 0 Å². The Morgan fingerprint density at radius 2 is 2.14 bits per heavy atom. The molecule has 0 spiro atoms. The van der Waals surface area contributed by atoms with Crippen molar-refractivity contribution in [1.82, 2.24) is 9.55 Å². The monoisotopic (exact) mass is 286 g/mol. The van der Waals surface area contributed by atoms with Crippen LogP contribution in [0.1, 0.15) is 38.6 Å². The Bertz CT molecular complexity index is 643. The number of nitrogens with one attached hydrogen (secondary N) is 1. The summed E-state index contributed by atoms with van der Waals surface area (Å²) in [6.07, 6.45) is 4.78. The topological polar surface area (TPSA) is 72.9 Å². The summed E-state index contributed by atoms with van der Waals surface area (Å²) >= 11 is 0. The molecule has 0 bridgehead atoms.